The number of nitrogens with one attached hydrogen (secondary N) is 1. The lowest BCUT2D eigenvalue weighted by molar-refractivity contribution is -0.120. The number of carboxylic acids is 1. The number of carbonyl (C=O) groups excluding carboxylic acids is 1. The lowest BCUT2D eigenvalue weighted by Crippen LogP contribution is -2.29. The van der Waals surface area contributed by atoms with E-state index < -0.39 is 11.2 Å². The van der Waals surface area contributed by atoms with E-state index in [1.165, 1.54) is 11.8 Å². The van der Waals surface area contributed by atoms with Crippen LogP contribution in [0.25, 0.3) is 0 Å². The normalized spacial score (nSPS) is 15.0. The first-order valence-corrected chi connectivity index (χ1v) is 8.37. The maximum absolute atomic E-state index is 12.6. The molecule has 1 fully saturated rings. The summed E-state index contributed by atoms with van der Waals surface area (Å²) in [6.07, 6.45) is 2.03. The highest BCUT2D eigenvalue weighted by molar-refractivity contribution is 8.00. The van der Waals surface area contributed by atoms with E-state index in [1.54, 1.807) is 24.3 Å². The molecule has 1 aliphatic rings. The SMILES string of the molecule is O=C(O)c1ccccc1SC(C(=O)NC1CC1)c1ccccc1. The van der Waals surface area contributed by atoms with Crippen LogP contribution in [0.2, 0.25) is 0 Å². The van der Waals surface area contributed by atoms with Crippen molar-refractivity contribution in [3.63, 3.8) is 0 Å². The first-order valence-electron chi connectivity index (χ1n) is 7.49. The Morgan fingerprint density at radius 1 is 1.04 bits per heavy atom. The predicted octanol–water partition coefficient (Wildman–Crippen LogP) is 3.50. The summed E-state index contributed by atoms with van der Waals surface area (Å²) in [5, 5.41) is 11.9. The molecule has 1 amide bonds. The van der Waals surface area contributed by atoms with E-state index >= 15 is 0 Å². The average Bonchev–Trinajstić information content (AvgIpc) is 3.37. The lowest BCUT2D eigenvalue weighted by atomic mass is 10.1. The molecule has 0 spiro atoms. The molecule has 5 heteroatoms. The third-order valence-corrected chi connectivity index (χ3v) is 4.96. The van der Waals surface area contributed by atoms with E-state index in [4.69, 9.17) is 0 Å². The molecule has 0 saturated heterocycles. The van der Waals surface area contributed by atoms with Crippen LogP contribution in [0.5, 0.6) is 0 Å². The Balaban J connectivity index is 1.89. The first-order chi connectivity index (χ1) is 11.1. The number of amides is 1. The molecule has 0 aromatic heterocycles. The van der Waals surface area contributed by atoms with Crippen LogP contribution >= 0.6 is 11.8 Å². The molecular weight excluding hydrogens is 310 g/mol. The molecule has 0 heterocycles. The van der Waals surface area contributed by atoms with Crippen molar-refractivity contribution in [2.75, 3.05) is 0 Å². The van der Waals surface area contributed by atoms with Gasteiger partial charge in [-0.2, -0.15) is 0 Å². The first kappa shape index (κ1) is 15.6. The van der Waals surface area contributed by atoms with Crippen LogP contribution in [0.15, 0.2) is 59.5 Å². The van der Waals surface area contributed by atoms with Crippen molar-refractivity contribution in [3.8, 4) is 0 Å². The van der Waals surface area contributed by atoms with Crippen LogP contribution in [0.4, 0.5) is 0 Å². The molecule has 3 rings (SSSR count). The molecule has 0 aliphatic heterocycles. The molecule has 2 N–H and O–H groups in total. The Bertz CT molecular complexity index is 713. The molecule has 1 saturated carbocycles. The van der Waals surface area contributed by atoms with Crippen molar-refractivity contribution in [3.05, 3.63) is 65.7 Å². The van der Waals surface area contributed by atoms with E-state index in [0.29, 0.717) is 4.90 Å². The van der Waals surface area contributed by atoms with Gasteiger partial charge in [0.15, 0.2) is 0 Å². The second kappa shape index (κ2) is 6.87. The number of rotatable bonds is 6. The van der Waals surface area contributed by atoms with Gasteiger partial charge in [-0.25, -0.2) is 4.79 Å². The fourth-order valence-electron chi connectivity index (χ4n) is 2.28. The van der Waals surface area contributed by atoms with Gasteiger partial charge in [-0.3, -0.25) is 4.79 Å². The summed E-state index contributed by atoms with van der Waals surface area (Å²) < 4.78 is 0. The number of benzene rings is 2. The molecule has 2 aromatic rings. The second-order valence-electron chi connectivity index (χ2n) is 5.49. The van der Waals surface area contributed by atoms with E-state index in [0.717, 1.165) is 18.4 Å². The standard InChI is InChI=1S/C18H17NO3S/c20-17(19-13-10-11-13)16(12-6-2-1-3-7-12)23-15-9-5-4-8-14(15)18(21)22/h1-9,13,16H,10-11H2,(H,19,20)(H,21,22). The van der Waals surface area contributed by atoms with Gasteiger partial charge in [-0.05, 0) is 30.5 Å². The van der Waals surface area contributed by atoms with Gasteiger partial charge in [0.05, 0.1) is 5.56 Å². The van der Waals surface area contributed by atoms with Gasteiger partial charge in [-0.15, -0.1) is 11.8 Å². The molecule has 2 aromatic carbocycles. The zero-order chi connectivity index (χ0) is 16.2. The van der Waals surface area contributed by atoms with Crippen LogP contribution in [-0.4, -0.2) is 23.0 Å². The zero-order valence-electron chi connectivity index (χ0n) is 12.4. The fourth-order valence-corrected chi connectivity index (χ4v) is 3.44. The summed E-state index contributed by atoms with van der Waals surface area (Å²) in [5.74, 6) is -1.05. The smallest absolute Gasteiger partial charge is 0.336 e. The lowest BCUT2D eigenvalue weighted by Gasteiger charge is -2.18. The topological polar surface area (TPSA) is 66.4 Å². The van der Waals surface area contributed by atoms with Crippen LogP contribution in [-0.2, 0) is 4.79 Å². The van der Waals surface area contributed by atoms with Gasteiger partial charge in [0.25, 0.3) is 0 Å². The van der Waals surface area contributed by atoms with Crippen molar-refractivity contribution >= 4 is 23.6 Å². The molecule has 1 aliphatic carbocycles. The highest BCUT2D eigenvalue weighted by Gasteiger charge is 2.29. The molecule has 1 unspecified atom stereocenters. The summed E-state index contributed by atoms with van der Waals surface area (Å²) >= 11 is 1.28. The Morgan fingerprint density at radius 3 is 2.35 bits per heavy atom. The van der Waals surface area contributed by atoms with E-state index in [9.17, 15) is 14.7 Å². The Kier molecular flexibility index (Phi) is 4.67. The molecule has 4 nitrogen and oxygen atoms in total. The van der Waals surface area contributed by atoms with Crippen LogP contribution in [0.3, 0.4) is 0 Å². The number of carbonyl (C=O) groups is 2. The van der Waals surface area contributed by atoms with E-state index in [2.05, 4.69) is 5.32 Å². The van der Waals surface area contributed by atoms with Crippen LogP contribution < -0.4 is 5.32 Å². The molecule has 118 valence electrons. The maximum atomic E-state index is 12.6. The molecular formula is C18H17NO3S. The molecule has 0 radical (unpaired) electrons. The third kappa shape index (κ3) is 3.93. The fraction of sp³-hybridized carbons (Fsp3) is 0.222. The number of carboxylic acid groups (broad SMARTS) is 1. The monoisotopic (exact) mass is 327 g/mol. The minimum atomic E-state index is -0.984. The van der Waals surface area contributed by atoms with Crippen molar-refractivity contribution < 1.29 is 14.7 Å². The maximum Gasteiger partial charge on any atom is 0.336 e. The van der Waals surface area contributed by atoms with Crippen LogP contribution in [0.1, 0.15) is 34.0 Å². The summed E-state index contributed by atoms with van der Waals surface area (Å²) in [6, 6.07) is 16.5. The van der Waals surface area contributed by atoms with E-state index in [1.807, 2.05) is 30.3 Å². The van der Waals surface area contributed by atoms with Crippen LogP contribution in [0, 0.1) is 0 Å². The van der Waals surface area contributed by atoms with Crippen molar-refractivity contribution in [1.29, 1.82) is 0 Å². The number of aromatic carboxylic acids is 1. The van der Waals surface area contributed by atoms with Gasteiger partial charge in [0.1, 0.15) is 5.25 Å². The van der Waals surface area contributed by atoms with Gasteiger partial charge in [0, 0.05) is 10.9 Å². The number of hydrogen-bond donors (Lipinski definition) is 2. The largest absolute Gasteiger partial charge is 0.478 e. The quantitative estimate of drug-likeness (QED) is 0.797. The predicted molar refractivity (Wildman–Crippen MR) is 89.6 cm³/mol. The van der Waals surface area contributed by atoms with Crippen molar-refractivity contribution in [2.24, 2.45) is 0 Å². The summed E-state index contributed by atoms with van der Waals surface area (Å²) in [4.78, 5) is 24.6. The average molecular weight is 327 g/mol. The Labute approximate surface area is 138 Å². The van der Waals surface area contributed by atoms with Gasteiger partial charge >= 0.3 is 5.97 Å². The van der Waals surface area contributed by atoms with Gasteiger partial charge < -0.3 is 10.4 Å². The Morgan fingerprint density at radius 2 is 1.70 bits per heavy atom. The molecule has 0 bridgehead atoms. The molecule has 23 heavy (non-hydrogen) atoms. The summed E-state index contributed by atoms with van der Waals surface area (Å²) in [5.41, 5.74) is 1.09. The Hall–Kier alpha value is -2.27. The minimum absolute atomic E-state index is 0.0658. The third-order valence-electron chi connectivity index (χ3n) is 3.63. The minimum Gasteiger partial charge on any atom is -0.478 e. The van der Waals surface area contributed by atoms with E-state index in [-0.39, 0.29) is 17.5 Å². The number of hydrogen-bond acceptors (Lipinski definition) is 3. The molecule has 1 atom stereocenters. The highest BCUT2D eigenvalue weighted by atomic mass is 32.2. The summed E-state index contributed by atoms with van der Waals surface area (Å²) in [6.45, 7) is 0. The van der Waals surface area contributed by atoms with Gasteiger partial charge in [0.2, 0.25) is 5.91 Å². The highest BCUT2D eigenvalue weighted by Crippen LogP contribution is 2.38. The van der Waals surface area contributed by atoms with Crippen molar-refractivity contribution in [2.45, 2.75) is 29.0 Å². The second-order valence-corrected chi connectivity index (χ2v) is 6.64. The number of thioether (sulfide) groups is 1. The van der Waals surface area contributed by atoms with Gasteiger partial charge in [-0.1, -0.05) is 42.5 Å². The van der Waals surface area contributed by atoms with Crippen molar-refractivity contribution in [1.82, 2.24) is 5.32 Å². The zero-order valence-corrected chi connectivity index (χ0v) is 13.3. The summed E-state index contributed by atoms with van der Waals surface area (Å²) in [7, 11) is 0.